The number of carbonyl (C=O) groups is 1. The minimum Gasteiger partial charge on any atom is -0.298 e. The lowest BCUT2D eigenvalue weighted by atomic mass is 9.41. The number of Topliss-reactive ketones (excluding diaryl/α,β-unsaturated/α-hetero) is 1. The van der Waals surface area contributed by atoms with Crippen molar-refractivity contribution in [3.8, 4) is 0 Å². The molecule has 0 saturated heterocycles. The third kappa shape index (κ3) is 5.22. The van der Waals surface area contributed by atoms with Crippen LogP contribution in [0.4, 0.5) is 0 Å². The molecule has 0 unspecified atom stereocenters. The van der Waals surface area contributed by atoms with Gasteiger partial charge in [0.25, 0.3) is 0 Å². The summed E-state index contributed by atoms with van der Waals surface area (Å²) in [4.78, 5) is 14.0. The number of alkyl halides is 2. The lowest BCUT2D eigenvalue weighted by molar-refractivity contribution is -0.173. The van der Waals surface area contributed by atoms with E-state index < -0.39 is 15.2 Å². The molecule has 5 rings (SSSR count). The molecule has 0 N–H and O–H groups in total. The van der Waals surface area contributed by atoms with Gasteiger partial charge < -0.3 is 0 Å². The fourth-order valence-corrected chi connectivity index (χ4v) is 11.4. The molecule has 3 heteroatoms. The molecule has 5 saturated carbocycles. The first-order chi connectivity index (χ1) is 17.9. The maximum atomic E-state index is 14.0. The van der Waals surface area contributed by atoms with Crippen molar-refractivity contribution in [1.82, 2.24) is 0 Å². The van der Waals surface area contributed by atoms with E-state index in [1.54, 1.807) is 0 Å². The van der Waals surface area contributed by atoms with Crippen molar-refractivity contribution in [2.24, 2.45) is 46.3 Å². The molecule has 212 valence electrons. The van der Waals surface area contributed by atoms with Crippen LogP contribution in [0.3, 0.4) is 0 Å². The Balaban J connectivity index is 1.11. The van der Waals surface area contributed by atoms with Crippen LogP contribution < -0.4 is 0 Å². The van der Waals surface area contributed by atoms with Crippen LogP contribution >= 0.6 is 23.2 Å². The molecular weight excluding hydrogens is 495 g/mol. The second kappa shape index (κ2) is 12.0. The predicted octanol–water partition coefficient (Wildman–Crippen LogP) is 11.1. The van der Waals surface area contributed by atoms with Crippen LogP contribution in [0.25, 0.3) is 0 Å². The molecule has 5 aliphatic carbocycles. The Bertz CT molecular complexity index is 682. The van der Waals surface area contributed by atoms with Gasteiger partial charge in [0, 0.05) is 0 Å². The number of hydrogen-bond donors (Lipinski definition) is 0. The van der Waals surface area contributed by atoms with Crippen molar-refractivity contribution in [2.75, 3.05) is 0 Å². The highest BCUT2D eigenvalue weighted by molar-refractivity contribution is 6.55. The molecule has 5 aliphatic rings. The van der Waals surface area contributed by atoms with Crippen LogP contribution in [0, 0.1) is 46.3 Å². The van der Waals surface area contributed by atoms with E-state index in [9.17, 15) is 4.79 Å². The molecular formula is C34H56Cl2O. The Morgan fingerprint density at radius 2 is 0.892 bits per heavy atom. The summed E-state index contributed by atoms with van der Waals surface area (Å²) in [6, 6.07) is 0. The summed E-state index contributed by atoms with van der Waals surface area (Å²) in [7, 11) is 0. The summed E-state index contributed by atoms with van der Waals surface area (Å²) in [5.41, 5.74) is -0.871. The van der Waals surface area contributed by atoms with Crippen molar-refractivity contribution >= 4 is 29.0 Å². The summed E-state index contributed by atoms with van der Waals surface area (Å²) < 4.78 is -0.831. The first-order valence-electron chi connectivity index (χ1n) is 16.8. The topological polar surface area (TPSA) is 17.1 Å². The summed E-state index contributed by atoms with van der Waals surface area (Å²) in [5, 5.41) is 0. The van der Waals surface area contributed by atoms with E-state index in [-0.39, 0.29) is 0 Å². The maximum absolute atomic E-state index is 14.0. The summed E-state index contributed by atoms with van der Waals surface area (Å²) in [6.07, 6.45) is 28.3. The molecule has 2 spiro atoms. The molecule has 1 nitrogen and oxygen atoms in total. The zero-order chi connectivity index (χ0) is 26.1. The molecule has 5 fully saturated rings. The van der Waals surface area contributed by atoms with Gasteiger partial charge in [-0.3, -0.25) is 4.79 Å². The largest absolute Gasteiger partial charge is 0.298 e. The minimum absolute atomic E-state index is 0.435. The quantitative estimate of drug-likeness (QED) is 0.274. The third-order valence-electron chi connectivity index (χ3n) is 12.9. The normalized spacial score (nSPS) is 44.2. The first-order valence-corrected chi connectivity index (χ1v) is 17.5. The minimum atomic E-state index is -0.831. The summed E-state index contributed by atoms with van der Waals surface area (Å²) in [6.45, 7) is 4.63. The van der Waals surface area contributed by atoms with Gasteiger partial charge in [0.05, 0.1) is 10.8 Å². The van der Waals surface area contributed by atoms with Gasteiger partial charge in [-0.25, -0.2) is 0 Å². The average molecular weight is 552 g/mol. The van der Waals surface area contributed by atoms with Crippen molar-refractivity contribution in [3.63, 3.8) is 0 Å². The van der Waals surface area contributed by atoms with E-state index in [1.807, 2.05) is 0 Å². The lowest BCUT2D eigenvalue weighted by Gasteiger charge is -2.67. The van der Waals surface area contributed by atoms with Gasteiger partial charge in [-0.05, 0) is 113 Å². The molecule has 0 aromatic rings. The smallest absolute Gasteiger partial charge is 0.151 e. The van der Waals surface area contributed by atoms with Gasteiger partial charge in [0.15, 0.2) is 5.78 Å². The van der Waals surface area contributed by atoms with E-state index in [0.717, 1.165) is 61.2 Å². The Kier molecular flexibility index (Phi) is 9.33. The van der Waals surface area contributed by atoms with Crippen molar-refractivity contribution in [3.05, 3.63) is 0 Å². The predicted molar refractivity (Wildman–Crippen MR) is 158 cm³/mol. The van der Waals surface area contributed by atoms with Gasteiger partial charge in [0.2, 0.25) is 0 Å². The Morgan fingerprint density at radius 3 is 1.19 bits per heavy atom. The van der Waals surface area contributed by atoms with Gasteiger partial charge >= 0.3 is 0 Å². The first kappa shape index (κ1) is 28.8. The molecule has 0 heterocycles. The average Bonchev–Trinajstić information content (AvgIpc) is 2.95. The molecule has 0 aromatic heterocycles. The van der Waals surface area contributed by atoms with Crippen LogP contribution in [0.5, 0.6) is 0 Å². The molecule has 0 aromatic carbocycles. The van der Waals surface area contributed by atoms with Crippen molar-refractivity contribution in [1.29, 1.82) is 0 Å². The Hall–Kier alpha value is 0.250. The standard InChI is InChI=1S/C34H56Cl2O/c1-3-5-7-25-9-13-27(14-10-25)29-17-21-32(22-18-29)31(37)33(34(32,35)36)23-19-30(20-24-33)28-15-11-26(12-16-28)8-6-4-2/h25-30H,3-24H2,1-2H3/t25?,26?,27?,28?,29-,30?,32+,33-. The van der Waals surface area contributed by atoms with Crippen LogP contribution in [0.15, 0.2) is 0 Å². The fourth-order valence-electron chi connectivity index (χ4n) is 10.3. The van der Waals surface area contributed by atoms with Crippen molar-refractivity contribution < 1.29 is 4.79 Å². The Morgan fingerprint density at radius 1 is 0.568 bits per heavy atom. The molecule has 0 aliphatic heterocycles. The molecule has 0 radical (unpaired) electrons. The van der Waals surface area contributed by atoms with Crippen LogP contribution in [-0.2, 0) is 4.79 Å². The number of hydrogen-bond acceptors (Lipinski definition) is 1. The van der Waals surface area contributed by atoms with E-state index in [4.69, 9.17) is 23.2 Å². The zero-order valence-corrected chi connectivity index (χ0v) is 25.7. The van der Waals surface area contributed by atoms with E-state index >= 15 is 0 Å². The van der Waals surface area contributed by atoms with E-state index in [1.165, 1.54) is 116 Å². The van der Waals surface area contributed by atoms with E-state index in [2.05, 4.69) is 13.8 Å². The molecule has 0 amide bonds. The number of unbranched alkanes of at least 4 members (excludes halogenated alkanes) is 2. The number of halogens is 2. The van der Waals surface area contributed by atoms with Crippen molar-refractivity contribution in [2.45, 2.75) is 159 Å². The summed E-state index contributed by atoms with van der Waals surface area (Å²) in [5.74, 6) is 5.80. The zero-order valence-electron chi connectivity index (χ0n) is 24.2. The number of rotatable bonds is 8. The lowest BCUT2D eigenvalue weighted by Crippen LogP contribution is -2.74. The van der Waals surface area contributed by atoms with Crippen LogP contribution in [0.2, 0.25) is 0 Å². The number of ketones is 1. The van der Waals surface area contributed by atoms with E-state index in [0.29, 0.717) is 5.78 Å². The monoisotopic (exact) mass is 550 g/mol. The third-order valence-corrected chi connectivity index (χ3v) is 14.3. The van der Waals surface area contributed by atoms with Gasteiger partial charge in [-0.15, -0.1) is 0 Å². The Labute approximate surface area is 239 Å². The molecule has 0 bridgehead atoms. The SMILES string of the molecule is CCCCC1CCC(C2CC[C@]3(CC2)C(=O)[C@@]2(CC[C@@H](C4CCC(CCCC)CC4)CC2)C3(Cl)Cl)CC1. The second-order valence-electron chi connectivity index (χ2n) is 14.6. The summed E-state index contributed by atoms with van der Waals surface area (Å²) >= 11 is 14.6. The highest BCUT2D eigenvalue weighted by Crippen LogP contribution is 2.75. The van der Waals surface area contributed by atoms with Crippen LogP contribution in [0.1, 0.15) is 155 Å². The van der Waals surface area contributed by atoms with Gasteiger partial charge in [-0.1, -0.05) is 101 Å². The number of carbonyl (C=O) groups excluding carboxylic acids is 1. The van der Waals surface area contributed by atoms with Gasteiger partial charge in [0.1, 0.15) is 4.33 Å². The van der Waals surface area contributed by atoms with Crippen LogP contribution in [-0.4, -0.2) is 10.1 Å². The second-order valence-corrected chi connectivity index (χ2v) is 15.9. The highest BCUT2D eigenvalue weighted by Gasteiger charge is 2.79. The fraction of sp³-hybridized carbons (Fsp3) is 0.971. The molecule has 37 heavy (non-hydrogen) atoms. The highest BCUT2D eigenvalue weighted by atomic mass is 35.5. The molecule has 0 atom stereocenters. The maximum Gasteiger partial charge on any atom is 0.151 e. The van der Waals surface area contributed by atoms with Gasteiger partial charge in [-0.2, -0.15) is 0 Å².